The molecule has 1 aliphatic rings. The number of rotatable bonds is 6. The Balaban J connectivity index is 1.86. The number of likely N-dealkylation sites (N-methyl/N-ethyl adjacent to an activating group) is 1. The molecule has 0 radical (unpaired) electrons. The maximum atomic E-state index is 12.2. The second kappa shape index (κ2) is 10.7. The number of nitrogens with one attached hydrogen (secondary N) is 2. The van der Waals surface area contributed by atoms with Crippen LogP contribution in [0.15, 0.2) is 69.7 Å². The van der Waals surface area contributed by atoms with Crippen LogP contribution in [0.5, 0.6) is 0 Å². The summed E-state index contributed by atoms with van der Waals surface area (Å²) in [7, 11) is 3.72. The van der Waals surface area contributed by atoms with Crippen molar-refractivity contribution in [3.8, 4) is 0 Å². The largest absolute Gasteiger partial charge is 0.369 e. The van der Waals surface area contributed by atoms with Crippen molar-refractivity contribution in [1.29, 1.82) is 0 Å². The Morgan fingerprint density at radius 3 is 2.42 bits per heavy atom. The highest BCUT2D eigenvalue weighted by Gasteiger charge is 2.15. The fraction of sp³-hybridized carbons (Fsp3) is 0.261. The average molecular weight is 439 g/mol. The van der Waals surface area contributed by atoms with Crippen molar-refractivity contribution in [2.75, 3.05) is 50.5 Å². The Labute approximate surface area is 188 Å². The van der Waals surface area contributed by atoms with E-state index < -0.39 is 0 Å². The van der Waals surface area contributed by atoms with Gasteiger partial charge in [0.1, 0.15) is 5.03 Å². The monoisotopic (exact) mass is 438 g/mol. The van der Waals surface area contributed by atoms with Crippen molar-refractivity contribution >= 4 is 47.1 Å². The van der Waals surface area contributed by atoms with Crippen LogP contribution >= 0.6 is 11.6 Å². The second-order valence-electron chi connectivity index (χ2n) is 7.18. The van der Waals surface area contributed by atoms with Gasteiger partial charge in [-0.2, -0.15) is 0 Å². The van der Waals surface area contributed by atoms with E-state index in [-0.39, 0.29) is 10.9 Å². The lowest BCUT2D eigenvalue weighted by Gasteiger charge is -2.34. The molecule has 2 aromatic rings. The van der Waals surface area contributed by atoms with Crippen LogP contribution in [-0.4, -0.2) is 63.6 Å². The number of hydrogen-bond acceptors (Lipinski definition) is 5. The fourth-order valence-corrected chi connectivity index (χ4v) is 3.42. The molecule has 0 atom stereocenters. The predicted octanol–water partition coefficient (Wildman–Crippen LogP) is 3.72. The van der Waals surface area contributed by atoms with E-state index in [1.807, 2.05) is 18.2 Å². The summed E-state index contributed by atoms with van der Waals surface area (Å²) in [6.45, 7) is 7.57. The fourth-order valence-electron chi connectivity index (χ4n) is 3.26. The third-order valence-electron chi connectivity index (χ3n) is 5.04. The molecule has 0 bridgehead atoms. The average Bonchev–Trinajstić information content (AvgIpc) is 2.79. The summed E-state index contributed by atoms with van der Waals surface area (Å²) < 4.78 is 0. The Bertz CT molecular complexity index is 978. The van der Waals surface area contributed by atoms with Gasteiger partial charge < -0.3 is 20.4 Å². The molecule has 0 aliphatic carbocycles. The van der Waals surface area contributed by atoms with Gasteiger partial charge in [-0.15, -0.1) is 0 Å². The van der Waals surface area contributed by atoms with Crippen LogP contribution in [0.25, 0.3) is 0 Å². The minimum absolute atomic E-state index is 0.225. The van der Waals surface area contributed by atoms with Gasteiger partial charge >= 0.3 is 0 Å². The van der Waals surface area contributed by atoms with Crippen LogP contribution in [0.1, 0.15) is 10.4 Å². The standard InChI is InChI=1S/C23H27ClN6O/c1-25-16-20(24)22(28-21-7-5-4-6-19(21)23(31)26-2)27-17-8-10-18(11-9-17)30-14-12-29(3)13-15-30/h4-11,16H,1,12-15H2,2-3H3,(H,26,31)(H,27,28)/b20-16+. The number of nitrogens with zero attached hydrogens (tertiary/aromatic N) is 4. The first kappa shape index (κ1) is 22.5. The highest BCUT2D eigenvalue weighted by molar-refractivity contribution is 6.45. The number of aliphatic imine (C=N–C) groups is 2. The van der Waals surface area contributed by atoms with Crippen LogP contribution in [0.3, 0.4) is 0 Å². The number of carbonyl (C=O) groups is 1. The molecule has 3 rings (SSSR count). The summed E-state index contributed by atoms with van der Waals surface area (Å²) in [6, 6.07) is 15.2. The number of carbonyl (C=O) groups excluding carboxylic acids is 1. The molecule has 7 nitrogen and oxygen atoms in total. The van der Waals surface area contributed by atoms with Crippen molar-refractivity contribution in [3.05, 3.63) is 65.3 Å². The lowest BCUT2D eigenvalue weighted by atomic mass is 10.1. The molecule has 1 amide bonds. The van der Waals surface area contributed by atoms with Gasteiger partial charge in [0.2, 0.25) is 0 Å². The first-order valence-corrected chi connectivity index (χ1v) is 10.4. The van der Waals surface area contributed by atoms with Crippen molar-refractivity contribution < 1.29 is 4.79 Å². The third-order valence-corrected chi connectivity index (χ3v) is 5.31. The number of amides is 1. The van der Waals surface area contributed by atoms with Crippen molar-refractivity contribution in [2.45, 2.75) is 0 Å². The maximum Gasteiger partial charge on any atom is 0.253 e. The van der Waals surface area contributed by atoms with Gasteiger partial charge in [0.05, 0.1) is 11.3 Å². The van der Waals surface area contributed by atoms with Gasteiger partial charge in [0.25, 0.3) is 5.91 Å². The first-order valence-electron chi connectivity index (χ1n) is 10.0. The number of para-hydroxylation sites is 1. The van der Waals surface area contributed by atoms with E-state index >= 15 is 0 Å². The molecule has 1 aliphatic heterocycles. The van der Waals surface area contributed by atoms with E-state index in [1.54, 1.807) is 25.2 Å². The Hall–Kier alpha value is -3.16. The van der Waals surface area contributed by atoms with Gasteiger partial charge in [-0.05, 0) is 50.2 Å². The smallest absolute Gasteiger partial charge is 0.253 e. The summed E-state index contributed by atoms with van der Waals surface area (Å²) in [5, 5.41) is 6.15. The highest BCUT2D eigenvalue weighted by Crippen LogP contribution is 2.24. The third kappa shape index (κ3) is 5.93. The first-order chi connectivity index (χ1) is 15.0. The molecule has 0 saturated carbocycles. The molecule has 1 fully saturated rings. The van der Waals surface area contributed by atoms with E-state index in [0.717, 1.165) is 31.9 Å². The van der Waals surface area contributed by atoms with Crippen LogP contribution in [0.4, 0.5) is 17.1 Å². The van der Waals surface area contributed by atoms with Gasteiger partial charge in [-0.1, -0.05) is 23.7 Å². The molecule has 0 spiro atoms. The van der Waals surface area contributed by atoms with E-state index in [2.05, 4.69) is 56.3 Å². The quantitative estimate of drug-likeness (QED) is 0.532. The number of hydrogen-bond donors (Lipinski definition) is 2. The molecule has 31 heavy (non-hydrogen) atoms. The lowest BCUT2D eigenvalue weighted by Crippen LogP contribution is -2.44. The van der Waals surface area contributed by atoms with Gasteiger partial charge in [0, 0.05) is 50.8 Å². The van der Waals surface area contributed by atoms with Gasteiger partial charge in [-0.3, -0.25) is 9.79 Å². The summed E-state index contributed by atoms with van der Waals surface area (Å²) >= 11 is 6.40. The zero-order valence-electron chi connectivity index (χ0n) is 17.8. The minimum atomic E-state index is -0.225. The Kier molecular flexibility index (Phi) is 7.81. The molecular formula is C23H27ClN6O. The predicted molar refractivity (Wildman–Crippen MR) is 130 cm³/mol. The van der Waals surface area contributed by atoms with E-state index in [1.165, 1.54) is 11.9 Å². The van der Waals surface area contributed by atoms with Crippen LogP contribution in [-0.2, 0) is 0 Å². The van der Waals surface area contributed by atoms with Crippen molar-refractivity contribution in [2.24, 2.45) is 9.98 Å². The van der Waals surface area contributed by atoms with E-state index in [4.69, 9.17) is 11.6 Å². The normalized spacial score (nSPS) is 15.5. The molecule has 1 heterocycles. The summed E-state index contributed by atoms with van der Waals surface area (Å²) in [4.78, 5) is 25.2. The number of benzene rings is 2. The number of halogens is 1. The van der Waals surface area contributed by atoms with Crippen LogP contribution in [0, 0.1) is 0 Å². The van der Waals surface area contributed by atoms with Gasteiger partial charge in [0.15, 0.2) is 5.84 Å². The Morgan fingerprint density at radius 2 is 1.77 bits per heavy atom. The van der Waals surface area contributed by atoms with Crippen molar-refractivity contribution in [3.63, 3.8) is 0 Å². The maximum absolute atomic E-state index is 12.2. The zero-order chi connectivity index (χ0) is 22.2. The molecule has 0 unspecified atom stereocenters. The number of anilines is 2. The van der Waals surface area contributed by atoms with Crippen LogP contribution < -0.4 is 15.5 Å². The van der Waals surface area contributed by atoms with Crippen LogP contribution in [0.2, 0.25) is 0 Å². The molecule has 2 aromatic carbocycles. The summed E-state index contributed by atoms with van der Waals surface area (Å²) in [6.07, 6.45) is 1.41. The van der Waals surface area contributed by atoms with Crippen molar-refractivity contribution in [1.82, 2.24) is 10.2 Å². The molecule has 1 saturated heterocycles. The highest BCUT2D eigenvalue weighted by atomic mass is 35.5. The molecule has 8 heteroatoms. The molecule has 0 aromatic heterocycles. The topological polar surface area (TPSA) is 72.3 Å². The zero-order valence-corrected chi connectivity index (χ0v) is 18.6. The number of amidine groups is 1. The molecular weight excluding hydrogens is 412 g/mol. The lowest BCUT2D eigenvalue weighted by molar-refractivity contribution is 0.0964. The van der Waals surface area contributed by atoms with E-state index in [0.29, 0.717) is 17.1 Å². The molecule has 162 valence electrons. The van der Waals surface area contributed by atoms with E-state index in [9.17, 15) is 4.79 Å². The van der Waals surface area contributed by atoms with Gasteiger partial charge in [-0.25, -0.2) is 4.99 Å². The Morgan fingerprint density at radius 1 is 1.10 bits per heavy atom. The SMILES string of the molecule is C=N/C=C(/Cl)C(=Nc1ccccc1C(=O)NC)Nc1ccc(N2CCN(C)CC2)cc1. The molecule has 2 N–H and O–H groups in total. The summed E-state index contributed by atoms with van der Waals surface area (Å²) in [5.74, 6) is 0.148. The second-order valence-corrected chi connectivity index (χ2v) is 7.59. The summed E-state index contributed by atoms with van der Waals surface area (Å²) in [5.41, 5.74) is 2.95. The number of piperazine rings is 1. The minimum Gasteiger partial charge on any atom is -0.369 e.